The molecule has 2 N–H and O–H groups in total. The average Bonchev–Trinajstić information content (AvgIpc) is 2.60. The fourth-order valence-corrected chi connectivity index (χ4v) is 3.28. The maximum Gasteiger partial charge on any atom is 0.277 e. The van der Waals surface area contributed by atoms with Crippen LogP contribution in [-0.2, 0) is 15.6 Å². The molecule has 0 saturated carbocycles. The molecule has 0 fully saturated rings. The van der Waals surface area contributed by atoms with Crippen molar-refractivity contribution in [3.63, 3.8) is 0 Å². The third-order valence-electron chi connectivity index (χ3n) is 4.40. The van der Waals surface area contributed by atoms with Crippen LogP contribution in [0.2, 0.25) is 10.0 Å². The second-order valence-electron chi connectivity index (χ2n) is 9.12. The van der Waals surface area contributed by atoms with Crippen LogP contribution >= 0.6 is 23.2 Å². The van der Waals surface area contributed by atoms with Crippen LogP contribution in [0.15, 0.2) is 35.4 Å². The summed E-state index contributed by atoms with van der Waals surface area (Å²) in [5.41, 5.74) is 4.37. The maximum atomic E-state index is 12.0. The van der Waals surface area contributed by atoms with Crippen molar-refractivity contribution in [2.75, 3.05) is 6.61 Å². The van der Waals surface area contributed by atoms with Gasteiger partial charge in [-0.1, -0.05) is 64.7 Å². The second-order valence-corrected chi connectivity index (χ2v) is 9.96. The van der Waals surface area contributed by atoms with Gasteiger partial charge in [0.15, 0.2) is 6.61 Å². The van der Waals surface area contributed by atoms with Gasteiger partial charge in [0.25, 0.3) is 5.91 Å². The van der Waals surface area contributed by atoms with Gasteiger partial charge in [0, 0.05) is 16.1 Å². The van der Waals surface area contributed by atoms with Crippen molar-refractivity contribution in [2.24, 2.45) is 5.10 Å². The highest BCUT2D eigenvalue weighted by Crippen LogP contribution is 2.39. The molecule has 7 heteroatoms. The lowest BCUT2D eigenvalue weighted by atomic mass is 9.78. The Bertz CT molecular complexity index is 923. The average molecular weight is 451 g/mol. The van der Waals surface area contributed by atoms with Gasteiger partial charge in [-0.15, -0.1) is 0 Å². The van der Waals surface area contributed by atoms with E-state index in [-0.39, 0.29) is 17.4 Å². The van der Waals surface area contributed by atoms with E-state index in [1.54, 1.807) is 24.4 Å². The van der Waals surface area contributed by atoms with Crippen molar-refractivity contribution in [1.82, 2.24) is 5.43 Å². The minimum Gasteiger partial charge on any atom is -0.507 e. The van der Waals surface area contributed by atoms with Gasteiger partial charge in [0.1, 0.15) is 11.5 Å². The summed E-state index contributed by atoms with van der Waals surface area (Å²) in [4.78, 5) is 12.0. The van der Waals surface area contributed by atoms with E-state index in [1.165, 1.54) is 0 Å². The Hall–Kier alpha value is -2.24. The normalized spacial score (nSPS) is 12.3. The van der Waals surface area contributed by atoms with E-state index in [4.69, 9.17) is 27.9 Å². The molecule has 5 nitrogen and oxygen atoms in total. The molecule has 0 unspecified atom stereocenters. The first kappa shape index (κ1) is 24.0. The number of nitrogens with zero attached hydrogens (tertiary/aromatic N) is 1. The van der Waals surface area contributed by atoms with Gasteiger partial charge < -0.3 is 9.84 Å². The lowest BCUT2D eigenvalue weighted by molar-refractivity contribution is -0.123. The molecule has 1 amide bonds. The molecule has 0 aromatic heterocycles. The second kappa shape index (κ2) is 9.27. The summed E-state index contributed by atoms with van der Waals surface area (Å²) in [5.74, 6) is 0.232. The molecule has 30 heavy (non-hydrogen) atoms. The quantitative estimate of drug-likeness (QED) is 0.444. The number of aromatic hydroxyl groups is 1. The van der Waals surface area contributed by atoms with Gasteiger partial charge in [-0.25, -0.2) is 5.43 Å². The lowest BCUT2D eigenvalue weighted by Crippen LogP contribution is -2.24. The lowest BCUT2D eigenvalue weighted by Gasteiger charge is -2.27. The van der Waals surface area contributed by atoms with E-state index < -0.39 is 5.91 Å². The van der Waals surface area contributed by atoms with Crippen molar-refractivity contribution in [3.05, 3.63) is 57.1 Å². The van der Waals surface area contributed by atoms with Crippen LogP contribution < -0.4 is 10.2 Å². The van der Waals surface area contributed by atoms with Crippen molar-refractivity contribution >= 4 is 35.3 Å². The molecule has 162 valence electrons. The van der Waals surface area contributed by atoms with Crippen molar-refractivity contribution < 1.29 is 14.6 Å². The maximum absolute atomic E-state index is 12.0. The summed E-state index contributed by atoms with van der Waals surface area (Å²) in [5, 5.41) is 15.6. The first-order valence-electron chi connectivity index (χ1n) is 9.57. The predicted octanol–water partition coefficient (Wildman–Crippen LogP) is 5.82. The van der Waals surface area contributed by atoms with Crippen LogP contribution in [0.1, 0.15) is 58.2 Å². The molecular formula is C23H28Cl2N2O3. The van der Waals surface area contributed by atoms with E-state index in [0.29, 0.717) is 21.5 Å². The zero-order valence-electron chi connectivity index (χ0n) is 18.1. The molecule has 0 radical (unpaired) electrons. The van der Waals surface area contributed by atoms with Gasteiger partial charge in [-0.2, -0.15) is 5.10 Å². The monoisotopic (exact) mass is 450 g/mol. The molecule has 0 heterocycles. The topological polar surface area (TPSA) is 70.9 Å². The van der Waals surface area contributed by atoms with E-state index in [9.17, 15) is 9.90 Å². The van der Waals surface area contributed by atoms with Crippen molar-refractivity contribution in [2.45, 2.75) is 52.4 Å². The summed E-state index contributed by atoms with van der Waals surface area (Å²) in [7, 11) is 0. The minimum atomic E-state index is -0.428. The number of benzene rings is 2. The van der Waals surface area contributed by atoms with Crippen LogP contribution in [0, 0.1) is 0 Å². The molecule has 0 spiro atoms. The Morgan fingerprint density at radius 1 is 1.07 bits per heavy atom. The SMILES string of the molecule is CC(C)(C)c1cc(/C=N\NC(=O)COc2ccc(Cl)cc2Cl)cc(C(C)(C)C)c1O. The number of carbonyl (C=O) groups is 1. The molecule has 0 atom stereocenters. The first-order chi connectivity index (χ1) is 13.8. The Morgan fingerprint density at radius 2 is 1.63 bits per heavy atom. The van der Waals surface area contributed by atoms with Crippen LogP contribution in [0.25, 0.3) is 0 Å². The number of hydrogen-bond acceptors (Lipinski definition) is 4. The van der Waals surface area contributed by atoms with Gasteiger partial charge in [0.05, 0.1) is 11.2 Å². The number of ether oxygens (including phenoxy) is 1. The number of nitrogens with one attached hydrogen (secondary N) is 1. The standard InChI is InChI=1S/C23H28Cl2N2O3/c1-22(2,3)16-9-14(10-17(21(16)29)23(4,5)6)12-26-27-20(28)13-30-19-8-7-15(24)11-18(19)25/h7-12,29H,13H2,1-6H3,(H,27,28)/b26-12-. The number of amides is 1. The van der Waals surface area contributed by atoms with Gasteiger partial charge in [0.2, 0.25) is 0 Å². The van der Waals surface area contributed by atoms with E-state index in [2.05, 4.69) is 10.5 Å². The molecule has 2 rings (SSSR count). The smallest absolute Gasteiger partial charge is 0.277 e. The summed E-state index contributed by atoms with van der Waals surface area (Å²) in [6.07, 6.45) is 1.55. The zero-order chi connectivity index (χ0) is 22.7. The van der Waals surface area contributed by atoms with Gasteiger partial charge >= 0.3 is 0 Å². The third-order valence-corrected chi connectivity index (χ3v) is 4.93. The number of carbonyl (C=O) groups excluding carboxylic acids is 1. The van der Waals surface area contributed by atoms with E-state index in [0.717, 1.165) is 16.7 Å². The molecule has 2 aromatic carbocycles. The minimum absolute atomic E-state index is 0.241. The summed E-state index contributed by atoms with van der Waals surface area (Å²) in [6, 6.07) is 8.52. The summed E-state index contributed by atoms with van der Waals surface area (Å²) >= 11 is 11.9. The molecule has 2 aromatic rings. The molecular weight excluding hydrogens is 423 g/mol. The van der Waals surface area contributed by atoms with E-state index in [1.807, 2.05) is 53.7 Å². The van der Waals surface area contributed by atoms with Gasteiger partial charge in [-0.05, 0) is 46.7 Å². The molecule has 0 aliphatic rings. The van der Waals surface area contributed by atoms with Crippen LogP contribution in [-0.4, -0.2) is 23.8 Å². The number of rotatable bonds is 5. The van der Waals surface area contributed by atoms with Crippen molar-refractivity contribution in [1.29, 1.82) is 0 Å². The predicted molar refractivity (Wildman–Crippen MR) is 123 cm³/mol. The van der Waals surface area contributed by atoms with E-state index >= 15 is 0 Å². The zero-order valence-corrected chi connectivity index (χ0v) is 19.6. The summed E-state index contributed by atoms with van der Waals surface area (Å²) < 4.78 is 5.39. The fourth-order valence-electron chi connectivity index (χ4n) is 2.82. The summed E-state index contributed by atoms with van der Waals surface area (Å²) in [6.45, 7) is 12.0. The largest absolute Gasteiger partial charge is 0.507 e. The molecule has 0 aliphatic carbocycles. The number of phenols is 1. The molecule has 0 aliphatic heterocycles. The molecule has 0 bridgehead atoms. The highest BCUT2D eigenvalue weighted by Gasteiger charge is 2.26. The highest BCUT2D eigenvalue weighted by atomic mass is 35.5. The van der Waals surface area contributed by atoms with Crippen molar-refractivity contribution in [3.8, 4) is 11.5 Å². The number of halogens is 2. The number of hydrazone groups is 1. The Kier molecular flexibility index (Phi) is 7.43. The number of phenolic OH excluding ortho intramolecular Hbond substituents is 1. The fraction of sp³-hybridized carbons (Fsp3) is 0.391. The first-order valence-corrected chi connectivity index (χ1v) is 10.3. The highest BCUT2D eigenvalue weighted by molar-refractivity contribution is 6.35. The van der Waals surface area contributed by atoms with Crippen LogP contribution in [0.3, 0.4) is 0 Å². The van der Waals surface area contributed by atoms with Crippen LogP contribution in [0.4, 0.5) is 0 Å². The van der Waals surface area contributed by atoms with Gasteiger partial charge in [-0.3, -0.25) is 4.79 Å². The third kappa shape index (κ3) is 6.38. The molecule has 0 saturated heterocycles. The Balaban J connectivity index is 2.12. The Labute approximate surface area is 188 Å². The van der Waals surface area contributed by atoms with Crippen LogP contribution in [0.5, 0.6) is 11.5 Å². The number of hydrogen-bond donors (Lipinski definition) is 2. The Morgan fingerprint density at radius 3 is 2.13 bits per heavy atom.